The molecule has 2 heterocycles. The van der Waals surface area contributed by atoms with Gasteiger partial charge in [0.1, 0.15) is 5.52 Å². The number of benzene rings is 2. The lowest BCUT2D eigenvalue weighted by atomic mass is 9.98. The predicted octanol–water partition coefficient (Wildman–Crippen LogP) is 6.62. The van der Waals surface area contributed by atoms with Crippen LogP contribution in [0.5, 0.6) is 0 Å². The van der Waals surface area contributed by atoms with E-state index in [2.05, 4.69) is 52.2 Å². The monoisotopic (exact) mass is 438 g/mol. The first-order valence-corrected chi connectivity index (χ1v) is 9.90. The summed E-state index contributed by atoms with van der Waals surface area (Å²) in [6.07, 6.45) is 1.07. The van der Waals surface area contributed by atoms with E-state index in [9.17, 15) is 4.79 Å². The summed E-state index contributed by atoms with van der Waals surface area (Å²) in [5.41, 5.74) is 4.26. The molecule has 142 valence electrons. The van der Waals surface area contributed by atoms with Crippen LogP contribution < -0.4 is 5.32 Å². The number of carbonyl (C=O) groups is 1. The van der Waals surface area contributed by atoms with Crippen LogP contribution in [0.2, 0.25) is 0 Å². The van der Waals surface area contributed by atoms with Gasteiger partial charge in [0.25, 0.3) is 5.91 Å². The van der Waals surface area contributed by atoms with Crippen LogP contribution in [0.3, 0.4) is 0 Å². The van der Waals surface area contributed by atoms with E-state index < -0.39 is 0 Å². The van der Waals surface area contributed by atoms with Gasteiger partial charge in [0, 0.05) is 11.3 Å². The minimum absolute atomic E-state index is 0.233. The number of oxazole rings is 1. The molecule has 0 spiro atoms. The minimum atomic E-state index is -0.321. The van der Waals surface area contributed by atoms with E-state index in [1.807, 2.05) is 30.3 Å². The topological polar surface area (TPSA) is 68.3 Å². The lowest BCUT2D eigenvalue weighted by Crippen LogP contribution is -2.10. The van der Waals surface area contributed by atoms with Crippen molar-refractivity contribution < 1.29 is 13.6 Å². The second-order valence-corrected chi connectivity index (χ2v) is 7.48. The highest BCUT2D eigenvalue weighted by Crippen LogP contribution is 2.29. The zero-order valence-electron chi connectivity index (χ0n) is 15.5. The summed E-state index contributed by atoms with van der Waals surface area (Å²) < 4.78 is 11.7. The molecule has 1 atom stereocenters. The smallest absolute Gasteiger partial charge is 0.291 e. The van der Waals surface area contributed by atoms with Crippen LogP contribution in [0.4, 0.5) is 5.69 Å². The van der Waals surface area contributed by atoms with E-state index in [4.69, 9.17) is 8.83 Å². The largest absolute Gasteiger partial charge is 0.444 e. The molecule has 4 aromatic rings. The van der Waals surface area contributed by atoms with Gasteiger partial charge >= 0.3 is 0 Å². The quantitative estimate of drug-likeness (QED) is 0.380. The van der Waals surface area contributed by atoms with Crippen LogP contribution in [0.25, 0.3) is 22.6 Å². The van der Waals surface area contributed by atoms with Crippen molar-refractivity contribution in [3.63, 3.8) is 0 Å². The number of anilines is 1. The fourth-order valence-electron chi connectivity index (χ4n) is 2.97. The third kappa shape index (κ3) is 3.73. The van der Waals surface area contributed by atoms with E-state index in [1.54, 1.807) is 12.1 Å². The lowest BCUT2D eigenvalue weighted by Gasteiger charge is -2.07. The maximum absolute atomic E-state index is 12.3. The summed E-state index contributed by atoms with van der Waals surface area (Å²) in [4.78, 5) is 16.9. The molecule has 0 aliphatic rings. The maximum atomic E-state index is 12.3. The molecule has 1 N–H and O–H groups in total. The number of hydrogen-bond donors (Lipinski definition) is 1. The van der Waals surface area contributed by atoms with Gasteiger partial charge in [-0.2, -0.15) is 0 Å². The third-order valence-electron chi connectivity index (χ3n) is 4.76. The van der Waals surface area contributed by atoms with Gasteiger partial charge < -0.3 is 14.2 Å². The zero-order valence-corrected chi connectivity index (χ0v) is 17.1. The Morgan fingerprint density at radius 3 is 2.75 bits per heavy atom. The molecule has 0 saturated carbocycles. The first-order valence-electron chi connectivity index (χ1n) is 9.11. The summed E-state index contributed by atoms with van der Waals surface area (Å²) in [7, 11) is 0. The van der Waals surface area contributed by atoms with Gasteiger partial charge in [0.2, 0.25) is 5.89 Å². The van der Waals surface area contributed by atoms with Crippen LogP contribution in [0, 0.1) is 0 Å². The summed E-state index contributed by atoms with van der Waals surface area (Å²) in [6, 6.07) is 16.8. The van der Waals surface area contributed by atoms with Gasteiger partial charge in [-0.15, -0.1) is 0 Å². The molecule has 1 amide bonds. The van der Waals surface area contributed by atoms with Gasteiger partial charge in [-0.05, 0) is 76.3 Å². The molecule has 4 rings (SSSR count). The van der Waals surface area contributed by atoms with E-state index >= 15 is 0 Å². The number of amides is 1. The summed E-state index contributed by atoms with van der Waals surface area (Å²) in [6.45, 7) is 4.37. The molecule has 0 fully saturated rings. The van der Waals surface area contributed by atoms with Crippen molar-refractivity contribution in [2.75, 3.05) is 5.32 Å². The van der Waals surface area contributed by atoms with Crippen molar-refractivity contribution >= 4 is 38.6 Å². The van der Waals surface area contributed by atoms with Crippen molar-refractivity contribution in [1.29, 1.82) is 0 Å². The molecular weight excluding hydrogens is 420 g/mol. The molecule has 0 aliphatic carbocycles. The van der Waals surface area contributed by atoms with Gasteiger partial charge in [0.05, 0.1) is 0 Å². The van der Waals surface area contributed by atoms with Crippen molar-refractivity contribution in [2.24, 2.45) is 0 Å². The molecule has 1 unspecified atom stereocenters. The molecule has 0 bridgehead atoms. The first-order chi connectivity index (χ1) is 13.5. The summed E-state index contributed by atoms with van der Waals surface area (Å²) >= 11 is 3.20. The number of carbonyl (C=O) groups excluding carboxylic acids is 1. The average molecular weight is 439 g/mol. The number of halogens is 1. The van der Waals surface area contributed by atoms with Gasteiger partial charge in [0.15, 0.2) is 16.0 Å². The Balaban J connectivity index is 1.61. The van der Waals surface area contributed by atoms with Crippen molar-refractivity contribution in [3.05, 3.63) is 70.6 Å². The number of nitrogens with zero attached hydrogens (tertiary/aromatic N) is 1. The number of furan rings is 1. The van der Waals surface area contributed by atoms with Gasteiger partial charge in [-0.25, -0.2) is 4.98 Å². The fraction of sp³-hybridized carbons (Fsp3) is 0.182. The van der Waals surface area contributed by atoms with Gasteiger partial charge in [-0.3, -0.25) is 4.79 Å². The Labute approximate surface area is 170 Å². The summed E-state index contributed by atoms with van der Waals surface area (Å²) in [5.74, 6) is 0.910. The number of nitrogens with one attached hydrogen (secondary N) is 1. The number of hydrogen-bond acceptors (Lipinski definition) is 4. The normalized spacial score (nSPS) is 12.2. The minimum Gasteiger partial charge on any atom is -0.444 e. The van der Waals surface area contributed by atoms with Crippen LogP contribution in [-0.4, -0.2) is 10.9 Å². The molecule has 0 aliphatic heterocycles. The average Bonchev–Trinajstić information content (AvgIpc) is 3.33. The Morgan fingerprint density at radius 2 is 2.00 bits per heavy atom. The second-order valence-electron chi connectivity index (χ2n) is 6.69. The van der Waals surface area contributed by atoms with Crippen LogP contribution >= 0.6 is 15.9 Å². The van der Waals surface area contributed by atoms with E-state index in [-0.39, 0.29) is 11.7 Å². The first kappa shape index (κ1) is 18.5. The Morgan fingerprint density at radius 1 is 1.14 bits per heavy atom. The number of aromatic nitrogens is 1. The SMILES string of the molecule is CCC(C)c1ccc2oc(-c3cccc(NC(=O)c4ccc(Br)o4)c3)nc2c1. The van der Waals surface area contributed by atoms with Crippen LogP contribution in [0.1, 0.15) is 42.3 Å². The fourth-order valence-corrected chi connectivity index (χ4v) is 3.28. The molecule has 0 saturated heterocycles. The molecular formula is C22H19BrN2O3. The van der Waals surface area contributed by atoms with E-state index in [0.29, 0.717) is 22.2 Å². The van der Waals surface area contributed by atoms with Gasteiger partial charge in [-0.1, -0.05) is 26.0 Å². The Kier molecular flexibility index (Phi) is 5.05. The molecule has 0 radical (unpaired) electrons. The molecule has 2 aromatic carbocycles. The Bertz CT molecular complexity index is 1150. The lowest BCUT2D eigenvalue weighted by molar-refractivity contribution is 0.0995. The maximum Gasteiger partial charge on any atom is 0.291 e. The number of fused-ring (bicyclic) bond motifs is 1. The standard InChI is InChI=1S/C22H19BrN2O3/c1-3-13(2)14-7-8-18-17(12-14)25-22(28-18)15-5-4-6-16(11-15)24-21(26)19-9-10-20(23)27-19/h4-13H,3H2,1-2H3,(H,24,26). The second kappa shape index (κ2) is 7.64. The third-order valence-corrected chi connectivity index (χ3v) is 5.18. The van der Waals surface area contributed by atoms with Crippen LogP contribution in [0.15, 0.2) is 68.1 Å². The molecule has 2 aromatic heterocycles. The molecule has 28 heavy (non-hydrogen) atoms. The van der Waals surface area contributed by atoms with E-state index in [0.717, 1.165) is 23.1 Å². The highest BCUT2D eigenvalue weighted by atomic mass is 79.9. The molecule has 6 heteroatoms. The summed E-state index contributed by atoms with van der Waals surface area (Å²) in [5, 5.41) is 2.82. The van der Waals surface area contributed by atoms with E-state index in [1.165, 1.54) is 5.56 Å². The Hall–Kier alpha value is -2.86. The van der Waals surface area contributed by atoms with Crippen molar-refractivity contribution in [3.8, 4) is 11.5 Å². The number of rotatable bonds is 5. The van der Waals surface area contributed by atoms with Crippen molar-refractivity contribution in [2.45, 2.75) is 26.2 Å². The molecule has 5 nitrogen and oxygen atoms in total. The highest BCUT2D eigenvalue weighted by molar-refractivity contribution is 9.10. The zero-order chi connectivity index (χ0) is 19.7. The van der Waals surface area contributed by atoms with Crippen LogP contribution in [-0.2, 0) is 0 Å². The predicted molar refractivity (Wildman–Crippen MR) is 113 cm³/mol. The van der Waals surface area contributed by atoms with Crippen molar-refractivity contribution in [1.82, 2.24) is 4.98 Å². The highest BCUT2D eigenvalue weighted by Gasteiger charge is 2.14.